The van der Waals surface area contributed by atoms with E-state index in [9.17, 15) is 9.59 Å². The van der Waals surface area contributed by atoms with Gasteiger partial charge in [-0.15, -0.1) is 0 Å². The van der Waals surface area contributed by atoms with Crippen LogP contribution < -0.4 is 0 Å². The van der Waals surface area contributed by atoms with Crippen molar-refractivity contribution in [1.29, 1.82) is 0 Å². The number of hydrogen-bond acceptors (Lipinski definition) is 4. The van der Waals surface area contributed by atoms with E-state index >= 15 is 0 Å². The minimum atomic E-state index is -0.500. The Balaban J connectivity index is 2.25. The summed E-state index contributed by atoms with van der Waals surface area (Å²) >= 11 is 3.31. The van der Waals surface area contributed by atoms with E-state index < -0.39 is 6.04 Å². The van der Waals surface area contributed by atoms with Gasteiger partial charge >= 0.3 is 5.97 Å². The second-order valence-corrected chi connectivity index (χ2v) is 5.22. The van der Waals surface area contributed by atoms with Crippen LogP contribution in [0.5, 0.6) is 0 Å². The van der Waals surface area contributed by atoms with Gasteiger partial charge < -0.3 is 9.64 Å². The first-order chi connectivity index (χ1) is 9.15. The van der Waals surface area contributed by atoms with Gasteiger partial charge in [-0.1, -0.05) is 0 Å². The third-order valence-corrected chi connectivity index (χ3v) is 3.84. The number of halogens is 1. The van der Waals surface area contributed by atoms with Gasteiger partial charge in [0.1, 0.15) is 11.7 Å². The second-order valence-electron chi connectivity index (χ2n) is 4.37. The summed E-state index contributed by atoms with van der Waals surface area (Å²) < 4.78 is 5.40. The normalized spacial score (nSPS) is 19.1. The summed E-state index contributed by atoms with van der Waals surface area (Å²) in [6, 6.07) is 3.01. The fraction of sp³-hybridized carbons (Fsp3) is 0.462. The number of amides is 1. The number of nitrogens with zero attached hydrogens (tertiary/aromatic N) is 2. The van der Waals surface area contributed by atoms with E-state index in [4.69, 9.17) is 4.74 Å². The van der Waals surface area contributed by atoms with Crippen molar-refractivity contribution >= 4 is 27.8 Å². The Morgan fingerprint density at radius 1 is 1.47 bits per heavy atom. The maximum absolute atomic E-state index is 12.5. The van der Waals surface area contributed by atoms with Gasteiger partial charge in [0.2, 0.25) is 0 Å². The molecule has 0 unspecified atom stereocenters. The van der Waals surface area contributed by atoms with E-state index in [-0.39, 0.29) is 11.9 Å². The number of aromatic nitrogens is 1. The maximum Gasteiger partial charge on any atom is 0.328 e. The van der Waals surface area contributed by atoms with Crippen molar-refractivity contribution in [1.82, 2.24) is 9.88 Å². The molecule has 1 fully saturated rings. The summed E-state index contributed by atoms with van der Waals surface area (Å²) in [5, 5.41) is 0. The monoisotopic (exact) mass is 326 g/mol. The van der Waals surface area contributed by atoms with Crippen LogP contribution in [0.15, 0.2) is 22.8 Å². The molecule has 2 heterocycles. The molecular weight excluding hydrogens is 312 g/mol. The molecule has 1 aromatic heterocycles. The molecule has 0 aromatic carbocycles. The van der Waals surface area contributed by atoms with Crippen LogP contribution in [0.3, 0.4) is 0 Å². The summed E-state index contributed by atoms with van der Waals surface area (Å²) in [5.41, 5.74) is 0.332. The third-order valence-electron chi connectivity index (χ3n) is 3.20. The van der Waals surface area contributed by atoms with Crippen molar-refractivity contribution in [2.45, 2.75) is 25.3 Å². The Morgan fingerprint density at radius 2 is 2.26 bits per heavy atom. The lowest BCUT2D eigenvalue weighted by atomic mass is 10.0. The molecule has 0 saturated carbocycles. The van der Waals surface area contributed by atoms with Crippen LogP contribution in [0, 0.1) is 0 Å². The van der Waals surface area contributed by atoms with Crippen LogP contribution in [-0.4, -0.2) is 41.5 Å². The number of methoxy groups -OCH3 is 1. The first-order valence-electron chi connectivity index (χ1n) is 6.14. The molecule has 1 atom stereocenters. The summed E-state index contributed by atoms with van der Waals surface area (Å²) in [5.74, 6) is -0.595. The lowest BCUT2D eigenvalue weighted by Gasteiger charge is -2.33. The minimum Gasteiger partial charge on any atom is -0.467 e. The average Bonchev–Trinajstić information content (AvgIpc) is 2.46. The molecule has 1 aliphatic heterocycles. The maximum atomic E-state index is 12.5. The molecule has 0 aliphatic carbocycles. The standard InChI is InChI=1S/C13H15BrN2O3/c1-19-13(18)10-6-2-3-8-16(10)12(17)11-9(14)5-4-7-15-11/h4-5,7,10H,2-3,6,8H2,1H3/t10-/m1/s1. The van der Waals surface area contributed by atoms with Crippen molar-refractivity contribution in [2.75, 3.05) is 13.7 Å². The van der Waals surface area contributed by atoms with Gasteiger partial charge in [-0.2, -0.15) is 0 Å². The Hall–Kier alpha value is -1.43. The molecule has 6 heteroatoms. The average molecular weight is 327 g/mol. The summed E-state index contributed by atoms with van der Waals surface area (Å²) in [6.07, 6.45) is 4.02. The van der Waals surface area contributed by atoms with Gasteiger partial charge in [0.15, 0.2) is 0 Å². The lowest BCUT2D eigenvalue weighted by Crippen LogP contribution is -2.48. The highest BCUT2D eigenvalue weighted by Gasteiger charge is 2.34. The fourth-order valence-corrected chi connectivity index (χ4v) is 2.66. The highest BCUT2D eigenvalue weighted by atomic mass is 79.9. The van der Waals surface area contributed by atoms with E-state index in [1.807, 2.05) is 0 Å². The highest BCUT2D eigenvalue weighted by Crippen LogP contribution is 2.23. The number of likely N-dealkylation sites (tertiary alicyclic amines) is 1. The Labute approximate surface area is 120 Å². The molecule has 1 aromatic rings. The van der Waals surface area contributed by atoms with Gasteiger partial charge in [-0.05, 0) is 47.3 Å². The SMILES string of the molecule is COC(=O)[C@H]1CCCCN1C(=O)c1ncccc1Br. The lowest BCUT2D eigenvalue weighted by molar-refractivity contribution is -0.147. The first-order valence-corrected chi connectivity index (χ1v) is 6.93. The van der Waals surface area contributed by atoms with Crippen LogP contribution in [0.1, 0.15) is 29.8 Å². The van der Waals surface area contributed by atoms with Gasteiger partial charge in [0, 0.05) is 17.2 Å². The molecule has 0 bridgehead atoms. The summed E-state index contributed by atoms with van der Waals surface area (Å²) in [4.78, 5) is 29.9. The molecule has 0 radical (unpaired) electrons. The van der Waals surface area contributed by atoms with Crippen LogP contribution in [0.2, 0.25) is 0 Å². The summed E-state index contributed by atoms with van der Waals surface area (Å²) in [6.45, 7) is 0.557. The number of esters is 1. The zero-order valence-corrected chi connectivity index (χ0v) is 12.2. The molecule has 0 N–H and O–H groups in total. The number of piperidine rings is 1. The number of hydrogen-bond donors (Lipinski definition) is 0. The highest BCUT2D eigenvalue weighted by molar-refractivity contribution is 9.10. The minimum absolute atomic E-state index is 0.234. The van der Waals surface area contributed by atoms with Gasteiger partial charge in [0.25, 0.3) is 5.91 Å². The van der Waals surface area contributed by atoms with E-state index in [0.29, 0.717) is 23.1 Å². The Bertz CT molecular complexity index is 493. The zero-order chi connectivity index (χ0) is 13.8. The van der Waals surface area contributed by atoms with Crippen molar-refractivity contribution in [3.63, 3.8) is 0 Å². The Kier molecular flexibility index (Phi) is 4.52. The quantitative estimate of drug-likeness (QED) is 0.780. The zero-order valence-electron chi connectivity index (χ0n) is 10.6. The smallest absolute Gasteiger partial charge is 0.328 e. The second kappa shape index (κ2) is 6.14. The number of rotatable bonds is 2. The van der Waals surface area contributed by atoms with Gasteiger partial charge in [0.05, 0.1) is 7.11 Å². The van der Waals surface area contributed by atoms with Crippen LogP contribution >= 0.6 is 15.9 Å². The predicted octanol–water partition coefficient (Wildman–Crippen LogP) is 2.01. The fourth-order valence-electron chi connectivity index (χ4n) is 2.23. The van der Waals surface area contributed by atoms with Crippen molar-refractivity contribution in [3.05, 3.63) is 28.5 Å². The van der Waals surface area contributed by atoms with E-state index in [0.717, 1.165) is 12.8 Å². The molecule has 1 amide bonds. The summed E-state index contributed by atoms with van der Waals surface area (Å²) in [7, 11) is 1.34. The third kappa shape index (κ3) is 2.94. The molecule has 1 aliphatic rings. The van der Waals surface area contributed by atoms with Crippen LogP contribution in [0.4, 0.5) is 0 Å². The molecule has 5 nitrogen and oxygen atoms in total. The number of carbonyl (C=O) groups excluding carboxylic acids is 2. The first kappa shape index (κ1) is 14.0. The topological polar surface area (TPSA) is 59.5 Å². The number of ether oxygens (including phenoxy) is 1. The molecule has 0 spiro atoms. The predicted molar refractivity (Wildman–Crippen MR) is 72.6 cm³/mol. The molecule has 102 valence electrons. The van der Waals surface area contributed by atoms with Gasteiger partial charge in [-0.3, -0.25) is 4.79 Å². The molecule has 1 saturated heterocycles. The van der Waals surface area contributed by atoms with E-state index in [1.165, 1.54) is 7.11 Å². The molecule has 19 heavy (non-hydrogen) atoms. The van der Waals surface area contributed by atoms with E-state index in [2.05, 4.69) is 20.9 Å². The Morgan fingerprint density at radius 3 is 2.95 bits per heavy atom. The van der Waals surface area contributed by atoms with Crippen molar-refractivity contribution in [3.8, 4) is 0 Å². The van der Waals surface area contributed by atoms with E-state index in [1.54, 1.807) is 23.2 Å². The number of carbonyl (C=O) groups is 2. The van der Waals surface area contributed by atoms with Crippen LogP contribution in [-0.2, 0) is 9.53 Å². The van der Waals surface area contributed by atoms with Crippen molar-refractivity contribution < 1.29 is 14.3 Å². The van der Waals surface area contributed by atoms with Crippen molar-refractivity contribution in [2.24, 2.45) is 0 Å². The number of pyridine rings is 1. The molecular formula is C13H15BrN2O3. The largest absolute Gasteiger partial charge is 0.467 e. The van der Waals surface area contributed by atoms with Crippen LogP contribution in [0.25, 0.3) is 0 Å². The molecule has 2 rings (SSSR count). The van der Waals surface area contributed by atoms with Gasteiger partial charge in [-0.25, -0.2) is 9.78 Å².